The van der Waals surface area contributed by atoms with Gasteiger partial charge in [0, 0.05) is 37.8 Å². The van der Waals surface area contributed by atoms with Gasteiger partial charge in [-0.1, -0.05) is 24.3 Å². The largest absolute Gasteiger partial charge is 0.355 e. The summed E-state index contributed by atoms with van der Waals surface area (Å²) in [7, 11) is 1.83. The van der Waals surface area contributed by atoms with E-state index in [1.54, 1.807) is 0 Å². The SMILES string of the molecule is CN=C(NCc1ccccc1Cn1cccn1)NCC1CCCS1. The van der Waals surface area contributed by atoms with Gasteiger partial charge < -0.3 is 10.6 Å². The van der Waals surface area contributed by atoms with Crippen molar-refractivity contribution in [2.45, 2.75) is 31.2 Å². The molecule has 6 heteroatoms. The van der Waals surface area contributed by atoms with Crippen molar-refractivity contribution in [2.24, 2.45) is 4.99 Å². The number of benzene rings is 1. The van der Waals surface area contributed by atoms with Crippen LogP contribution in [0, 0.1) is 0 Å². The Hall–Kier alpha value is -1.95. The van der Waals surface area contributed by atoms with Crippen LogP contribution in [0.15, 0.2) is 47.7 Å². The maximum Gasteiger partial charge on any atom is 0.191 e. The van der Waals surface area contributed by atoms with Crippen LogP contribution in [0.1, 0.15) is 24.0 Å². The summed E-state index contributed by atoms with van der Waals surface area (Å²) in [5.41, 5.74) is 2.54. The molecule has 0 radical (unpaired) electrons. The Balaban J connectivity index is 1.54. The number of hydrogen-bond acceptors (Lipinski definition) is 3. The van der Waals surface area contributed by atoms with Crippen molar-refractivity contribution in [2.75, 3.05) is 19.3 Å². The average molecular weight is 344 g/mol. The minimum atomic E-state index is 0.718. The van der Waals surface area contributed by atoms with Crippen LogP contribution >= 0.6 is 11.8 Å². The molecule has 2 heterocycles. The Morgan fingerprint density at radius 3 is 2.88 bits per heavy atom. The van der Waals surface area contributed by atoms with Crippen LogP contribution in [0.25, 0.3) is 0 Å². The molecule has 0 bridgehead atoms. The van der Waals surface area contributed by atoms with E-state index in [-0.39, 0.29) is 0 Å². The number of aromatic nitrogens is 2. The molecule has 128 valence electrons. The van der Waals surface area contributed by atoms with Gasteiger partial charge >= 0.3 is 0 Å². The first-order chi connectivity index (χ1) is 11.8. The standard InChI is InChI=1S/C18H25N5S/c1-19-18(21-13-17-8-4-11-24-17)20-12-15-6-2-3-7-16(15)14-23-10-5-9-22-23/h2-3,5-7,9-10,17H,4,8,11-14H2,1H3,(H2,19,20,21). The molecule has 1 aliphatic heterocycles. The summed E-state index contributed by atoms with van der Waals surface area (Å²) in [6, 6.07) is 10.4. The predicted octanol–water partition coefficient (Wildman–Crippen LogP) is 2.49. The molecule has 1 fully saturated rings. The van der Waals surface area contributed by atoms with Crippen LogP contribution in [-0.2, 0) is 13.1 Å². The van der Waals surface area contributed by atoms with Gasteiger partial charge in [0.2, 0.25) is 0 Å². The number of nitrogens with zero attached hydrogens (tertiary/aromatic N) is 3. The third kappa shape index (κ3) is 4.77. The van der Waals surface area contributed by atoms with Crippen molar-refractivity contribution < 1.29 is 0 Å². The van der Waals surface area contributed by atoms with Crippen LogP contribution in [0.5, 0.6) is 0 Å². The molecule has 1 aliphatic rings. The molecule has 5 nitrogen and oxygen atoms in total. The first-order valence-electron chi connectivity index (χ1n) is 8.45. The van der Waals surface area contributed by atoms with Gasteiger partial charge in [-0.2, -0.15) is 16.9 Å². The van der Waals surface area contributed by atoms with Crippen LogP contribution in [0.3, 0.4) is 0 Å². The van der Waals surface area contributed by atoms with Gasteiger partial charge in [0.1, 0.15) is 0 Å². The topological polar surface area (TPSA) is 54.2 Å². The zero-order valence-corrected chi connectivity index (χ0v) is 14.9. The molecule has 3 rings (SSSR count). The van der Waals surface area contributed by atoms with Crippen molar-refractivity contribution in [1.29, 1.82) is 0 Å². The molecule has 0 saturated carbocycles. The fourth-order valence-corrected chi connectivity index (χ4v) is 4.07. The molecular weight excluding hydrogens is 318 g/mol. The average Bonchev–Trinajstić information content (AvgIpc) is 3.30. The fraction of sp³-hybridized carbons (Fsp3) is 0.444. The number of aliphatic imine (C=N–C) groups is 1. The number of hydrogen-bond donors (Lipinski definition) is 2. The Kier molecular flexibility index (Phi) is 6.18. The van der Waals surface area contributed by atoms with E-state index >= 15 is 0 Å². The minimum absolute atomic E-state index is 0.718. The smallest absolute Gasteiger partial charge is 0.191 e. The summed E-state index contributed by atoms with van der Waals surface area (Å²) in [4.78, 5) is 4.34. The molecule has 1 unspecified atom stereocenters. The molecule has 0 spiro atoms. The second-order valence-electron chi connectivity index (χ2n) is 5.91. The quantitative estimate of drug-likeness (QED) is 0.625. The molecular formula is C18H25N5S. The lowest BCUT2D eigenvalue weighted by Gasteiger charge is -2.16. The maximum absolute atomic E-state index is 4.34. The first-order valence-corrected chi connectivity index (χ1v) is 9.50. The summed E-state index contributed by atoms with van der Waals surface area (Å²) in [5.74, 6) is 2.16. The fourth-order valence-electron chi connectivity index (χ4n) is 2.87. The third-order valence-electron chi connectivity index (χ3n) is 4.20. The van der Waals surface area contributed by atoms with Gasteiger partial charge in [0.15, 0.2) is 5.96 Å². The van der Waals surface area contributed by atoms with E-state index in [0.29, 0.717) is 0 Å². The van der Waals surface area contributed by atoms with Crippen LogP contribution in [0.4, 0.5) is 0 Å². The predicted molar refractivity (Wildman–Crippen MR) is 101 cm³/mol. The molecule has 0 amide bonds. The van der Waals surface area contributed by atoms with Crippen molar-refractivity contribution >= 4 is 17.7 Å². The molecule has 1 aromatic heterocycles. The van der Waals surface area contributed by atoms with Crippen LogP contribution < -0.4 is 10.6 Å². The second-order valence-corrected chi connectivity index (χ2v) is 7.32. The van der Waals surface area contributed by atoms with Gasteiger partial charge in [-0.25, -0.2) is 0 Å². The van der Waals surface area contributed by atoms with E-state index in [0.717, 1.165) is 30.8 Å². The minimum Gasteiger partial charge on any atom is -0.355 e. The lowest BCUT2D eigenvalue weighted by molar-refractivity contribution is 0.676. The molecule has 0 aliphatic carbocycles. The van der Waals surface area contributed by atoms with E-state index in [1.807, 2.05) is 30.2 Å². The molecule has 2 aromatic rings. The Bertz CT molecular complexity index is 647. The van der Waals surface area contributed by atoms with Gasteiger partial charge in [-0.3, -0.25) is 9.67 Å². The number of rotatable bonds is 6. The zero-order chi connectivity index (χ0) is 16.6. The van der Waals surface area contributed by atoms with Gasteiger partial charge in [-0.15, -0.1) is 0 Å². The summed E-state index contributed by atoms with van der Waals surface area (Å²) in [6.07, 6.45) is 6.45. The number of thioether (sulfide) groups is 1. The molecule has 1 saturated heterocycles. The van der Waals surface area contributed by atoms with Crippen molar-refractivity contribution in [1.82, 2.24) is 20.4 Å². The van der Waals surface area contributed by atoms with E-state index in [9.17, 15) is 0 Å². The highest BCUT2D eigenvalue weighted by Crippen LogP contribution is 2.25. The summed E-state index contributed by atoms with van der Waals surface area (Å²) < 4.78 is 1.95. The van der Waals surface area contributed by atoms with Crippen molar-refractivity contribution in [3.8, 4) is 0 Å². The summed E-state index contributed by atoms with van der Waals surface area (Å²) in [6.45, 7) is 2.53. The molecule has 2 N–H and O–H groups in total. The lowest BCUT2D eigenvalue weighted by Crippen LogP contribution is -2.39. The highest BCUT2D eigenvalue weighted by Gasteiger charge is 2.15. The van der Waals surface area contributed by atoms with Crippen molar-refractivity contribution in [3.63, 3.8) is 0 Å². The Labute approximate surface area is 147 Å². The maximum atomic E-state index is 4.34. The molecule has 24 heavy (non-hydrogen) atoms. The normalized spacial score (nSPS) is 17.9. The lowest BCUT2D eigenvalue weighted by atomic mass is 10.1. The highest BCUT2D eigenvalue weighted by atomic mass is 32.2. The van der Waals surface area contributed by atoms with Gasteiger partial charge in [0.05, 0.1) is 6.54 Å². The number of nitrogens with one attached hydrogen (secondary N) is 2. The molecule has 1 aromatic carbocycles. The van der Waals surface area contributed by atoms with E-state index < -0.39 is 0 Å². The first kappa shape index (κ1) is 16.9. The monoisotopic (exact) mass is 343 g/mol. The second kappa shape index (κ2) is 8.78. The van der Waals surface area contributed by atoms with E-state index in [2.05, 4.69) is 56.8 Å². The van der Waals surface area contributed by atoms with Crippen LogP contribution in [-0.4, -0.2) is 40.3 Å². The highest BCUT2D eigenvalue weighted by molar-refractivity contribution is 8.00. The molecule has 1 atom stereocenters. The Morgan fingerprint density at radius 2 is 2.17 bits per heavy atom. The Morgan fingerprint density at radius 1 is 1.29 bits per heavy atom. The third-order valence-corrected chi connectivity index (χ3v) is 5.60. The summed E-state index contributed by atoms with van der Waals surface area (Å²) in [5, 5.41) is 11.9. The van der Waals surface area contributed by atoms with E-state index in [1.165, 1.54) is 29.7 Å². The number of guanidine groups is 1. The van der Waals surface area contributed by atoms with Crippen molar-refractivity contribution in [3.05, 3.63) is 53.9 Å². The van der Waals surface area contributed by atoms with Gasteiger partial charge in [-0.05, 0) is 35.8 Å². The van der Waals surface area contributed by atoms with Gasteiger partial charge in [0.25, 0.3) is 0 Å². The summed E-state index contributed by atoms with van der Waals surface area (Å²) >= 11 is 2.06. The zero-order valence-electron chi connectivity index (χ0n) is 14.1. The van der Waals surface area contributed by atoms with Crippen LogP contribution in [0.2, 0.25) is 0 Å². The van der Waals surface area contributed by atoms with E-state index in [4.69, 9.17) is 0 Å².